The summed E-state index contributed by atoms with van der Waals surface area (Å²) in [7, 11) is 2.23. The van der Waals surface area contributed by atoms with Gasteiger partial charge in [0.2, 0.25) is 0 Å². The maximum atomic E-state index is 4.30. The zero-order valence-corrected chi connectivity index (χ0v) is 11.3. The first-order valence-corrected chi connectivity index (χ1v) is 7.10. The molecule has 1 nitrogen and oxygen atoms in total. The molecule has 0 aromatic carbocycles. The highest BCUT2D eigenvalue weighted by molar-refractivity contribution is 5.01. The van der Waals surface area contributed by atoms with E-state index in [1.54, 1.807) is 0 Å². The number of nitrogens with zero attached hydrogens (tertiary/aromatic N) is 1. The third-order valence-electron chi connectivity index (χ3n) is 3.83. The van der Waals surface area contributed by atoms with Crippen LogP contribution in [0.15, 0.2) is 12.2 Å². The van der Waals surface area contributed by atoms with E-state index in [2.05, 4.69) is 25.5 Å². The quantitative estimate of drug-likeness (QED) is 0.583. The lowest BCUT2D eigenvalue weighted by Gasteiger charge is -2.24. The number of hydrogen-bond donors (Lipinski definition) is 0. The van der Waals surface area contributed by atoms with Crippen LogP contribution in [0.5, 0.6) is 0 Å². The molecule has 0 atom stereocenters. The Hall–Kier alpha value is -0.300. The minimum atomic E-state index is 0.852. The van der Waals surface area contributed by atoms with E-state index in [0.29, 0.717) is 0 Å². The molecule has 1 fully saturated rings. The van der Waals surface area contributed by atoms with Crippen LogP contribution in [0.2, 0.25) is 0 Å². The average Bonchev–Trinajstić information content (AvgIpc) is 2.30. The van der Waals surface area contributed by atoms with Crippen LogP contribution in [0, 0.1) is 5.92 Å². The Kier molecular flexibility index (Phi) is 6.79. The molecule has 1 heteroatoms. The fourth-order valence-corrected chi connectivity index (χ4v) is 2.78. The van der Waals surface area contributed by atoms with Gasteiger partial charge in [0, 0.05) is 0 Å². The Balaban J connectivity index is 2.09. The molecular weight excluding hydrogens is 194 g/mol. The molecule has 0 amide bonds. The predicted molar refractivity (Wildman–Crippen MR) is 72.7 cm³/mol. The van der Waals surface area contributed by atoms with E-state index < -0.39 is 0 Å². The van der Waals surface area contributed by atoms with Crippen molar-refractivity contribution in [2.24, 2.45) is 5.92 Å². The predicted octanol–water partition coefficient (Wildman–Crippen LogP) is 4.24. The van der Waals surface area contributed by atoms with Crippen molar-refractivity contribution in [3.63, 3.8) is 0 Å². The first kappa shape index (κ1) is 13.8. The van der Waals surface area contributed by atoms with Crippen LogP contribution in [0.25, 0.3) is 0 Å². The summed E-state index contributed by atoms with van der Waals surface area (Å²) < 4.78 is 0. The number of allylic oxidation sites excluding steroid dienone is 1. The first-order valence-electron chi connectivity index (χ1n) is 7.10. The van der Waals surface area contributed by atoms with E-state index >= 15 is 0 Å². The summed E-state index contributed by atoms with van der Waals surface area (Å²) in [6.07, 6.45) is 10.9. The van der Waals surface area contributed by atoms with Gasteiger partial charge in [-0.1, -0.05) is 38.3 Å². The molecular formula is C15H29N. The van der Waals surface area contributed by atoms with Crippen LogP contribution in [0.3, 0.4) is 0 Å². The summed E-state index contributed by atoms with van der Waals surface area (Å²) in [6, 6.07) is 0. The molecule has 0 saturated heterocycles. The Labute approximate surface area is 102 Å². The highest BCUT2D eigenvalue weighted by Gasteiger charge is 2.15. The summed E-state index contributed by atoms with van der Waals surface area (Å²) in [5.74, 6) is 0.852. The second-order valence-corrected chi connectivity index (χ2v) is 5.40. The fraction of sp³-hybridized carbons (Fsp3) is 0.867. The lowest BCUT2D eigenvalue weighted by Crippen LogP contribution is -2.20. The third-order valence-corrected chi connectivity index (χ3v) is 3.83. The monoisotopic (exact) mass is 223 g/mol. The van der Waals surface area contributed by atoms with E-state index in [4.69, 9.17) is 0 Å². The molecule has 0 aromatic heterocycles. The van der Waals surface area contributed by atoms with Crippen molar-refractivity contribution in [2.45, 2.75) is 58.3 Å². The smallest absolute Gasteiger partial charge is 0.00187 e. The van der Waals surface area contributed by atoms with Gasteiger partial charge in [0.25, 0.3) is 0 Å². The first-order chi connectivity index (χ1) is 7.74. The molecule has 1 aliphatic carbocycles. The van der Waals surface area contributed by atoms with E-state index in [1.165, 1.54) is 70.0 Å². The number of rotatable bonds is 7. The topological polar surface area (TPSA) is 3.24 Å². The molecule has 0 aliphatic heterocycles. The Bertz CT molecular complexity index is 192. The van der Waals surface area contributed by atoms with Gasteiger partial charge >= 0.3 is 0 Å². The molecule has 0 heterocycles. The molecule has 94 valence electrons. The van der Waals surface area contributed by atoms with Gasteiger partial charge in [-0.2, -0.15) is 0 Å². The third kappa shape index (κ3) is 5.16. The summed E-state index contributed by atoms with van der Waals surface area (Å²) >= 11 is 0. The van der Waals surface area contributed by atoms with Crippen molar-refractivity contribution < 1.29 is 0 Å². The van der Waals surface area contributed by atoms with E-state index in [0.717, 1.165) is 5.92 Å². The van der Waals surface area contributed by atoms with Gasteiger partial charge in [-0.25, -0.2) is 0 Å². The van der Waals surface area contributed by atoms with Gasteiger partial charge in [-0.3, -0.25) is 0 Å². The van der Waals surface area contributed by atoms with Crippen LogP contribution >= 0.6 is 0 Å². The van der Waals surface area contributed by atoms with Crippen molar-refractivity contribution in [1.82, 2.24) is 4.90 Å². The van der Waals surface area contributed by atoms with Crippen LogP contribution in [-0.2, 0) is 0 Å². The lowest BCUT2D eigenvalue weighted by atomic mass is 9.83. The highest BCUT2D eigenvalue weighted by atomic mass is 15.1. The maximum Gasteiger partial charge on any atom is -0.00187 e. The number of hydrogen-bond acceptors (Lipinski definition) is 1. The van der Waals surface area contributed by atoms with Crippen LogP contribution in [0.1, 0.15) is 58.3 Å². The fourth-order valence-electron chi connectivity index (χ4n) is 2.78. The van der Waals surface area contributed by atoms with E-state index in [-0.39, 0.29) is 0 Å². The van der Waals surface area contributed by atoms with Gasteiger partial charge in [0.05, 0.1) is 0 Å². The standard InChI is InChI=1S/C15H29N/c1-4-12-16(3)13-8-9-14(2)15-10-6-5-7-11-15/h15H,2,4-13H2,1,3H3. The van der Waals surface area contributed by atoms with Crippen LogP contribution in [0.4, 0.5) is 0 Å². The minimum absolute atomic E-state index is 0.852. The zero-order chi connectivity index (χ0) is 11.8. The van der Waals surface area contributed by atoms with Gasteiger partial charge in [-0.15, -0.1) is 0 Å². The van der Waals surface area contributed by atoms with Crippen molar-refractivity contribution >= 4 is 0 Å². The summed E-state index contributed by atoms with van der Waals surface area (Å²) in [5.41, 5.74) is 1.53. The molecule has 0 unspecified atom stereocenters. The molecule has 0 bridgehead atoms. The van der Waals surface area contributed by atoms with Crippen molar-refractivity contribution in [3.05, 3.63) is 12.2 Å². The largest absolute Gasteiger partial charge is 0.306 e. The average molecular weight is 223 g/mol. The van der Waals surface area contributed by atoms with Crippen molar-refractivity contribution in [1.29, 1.82) is 0 Å². The van der Waals surface area contributed by atoms with Crippen LogP contribution in [-0.4, -0.2) is 25.0 Å². The lowest BCUT2D eigenvalue weighted by molar-refractivity contribution is 0.324. The van der Waals surface area contributed by atoms with Gasteiger partial charge in [0.1, 0.15) is 0 Å². The molecule has 0 N–H and O–H groups in total. The van der Waals surface area contributed by atoms with Crippen LogP contribution < -0.4 is 0 Å². The van der Waals surface area contributed by atoms with Gasteiger partial charge in [-0.05, 0) is 58.2 Å². The molecule has 16 heavy (non-hydrogen) atoms. The molecule has 1 rings (SSSR count). The molecule has 0 radical (unpaired) electrons. The van der Waals surface area contributed by atoms with Gasteiger partial charge < -0.3 is 4.90 Å². The minimum Gasteiger partial charge on any atom is -0.306 e. The SMILES string of the molecule is C=C(CCCN(C)CCC)C1CCCCC1. The second-order valence-electron chi connectivity index (χ2n) is 5.40. The van der Waals surface area contributed by atoms with E-state index in [1.807, 2.05) is 0 Å². The van der Waals surface area contributed by atoms with Crippen molar-refractivity contribution in [2.75, 3.05) is 20.1 Å². The second kappa shape index (κ2) is 7.89. The maximum absolute atomic E-state index is 4.30. The molecule has 1 saturated carbocycles. The summed E-state index contributed by atoms with van der Waals surface area (Å²) in [6.45, 7) is 9.02. The highest BCUT2D eigenvalue weighted by Crippen LogP contribution is 2.30. The van der Waals surface area contributed by atoms with Gasteiger partial charge in [0.15, 0.2) is 0 Å². The Morgan fingerprint density at radius 2 is 1.88 bits per heavy atom. The zero-order valence-electron chi connectivity index (χ0n) is 11.3. The van der Waals surface area contributed by atoms with Crippen molar-refractivity contribution in [3.8, 4) is 0 Å². The Morgan fingerprint density at radius 1 is 1.19 bits per heavy atom. The summed E-state index contributed by atoms with van der Waals surface area (Å²) in [5, 5.41) is 0. The summed E-state index contributed by atoms with van der Waals surface area (Å²) in [4.78, 5) is 2.44. The van der Waals surface area contributed by atoms with E-state index in [9.17, 15) is 0 Å². The molecule has 0 spiro atoms. The normalized spacial score (nSPS) is 17.9. The molecule has 0 aromatic rings. The Morgan fingerprint density at radius 3 is 2.50 bits per heavy atom. The molecule has 1 aliphatic rings.